The average molecular weight is 206 g/mol. The van der Waals surface area contributed by atoms with Gasteiger partial charge in [-0.05, 0) is 17.7 Å². The van der Waals surface area contributed by atoms with Crippen LogP contribution in [0.2, 0.25) is 19.6 Å². The third-order valence-corrected chi connectivity index (χ3v) is 4.42. The summed E-state index contributed by atoms with van der Waals surface area (Å²) in [6, 6.07) is 8.13. The molecule has 1 aromatic rings. The van der Waals surface area contributed by atoms with E-state index >= 15 is 0 Å². The number of hydrogen-bond donors (Lipinski definition) is 0. The molecule has 0 aliphatic heterocycles. The lowest BCUT2D eigenvalue weighted by Crippen LogP contribution is -2.21. The lowest BCUT2D eigenvalue weighted by molar-refractivity contribution is 0.414. The third kappa shape index (κ3) is 2.48. The molecule has 0 aliphatic carbocycles. The van der Waals surface area contributed by atoms with E-state index in [4.69, 9.17) is 4.74 Å². The monoisotopic (exact) mass is 206 g/mol. The highest BCUT2D eigenvalue weighted by Crippen LogP contribution is 2.26. The van der Waals surface area contributed by atoms with Crippen LogP contribution in [0.15, 0.2) is 30.8 Å². The molecule has 0 saturated carbocycles. The highest BCUT2D eigenvalue weighted by molar-refractivity contribution is 6.93. The van der Waals surface area contributed by atoms with Crippen molar-refractivity contribution >= 4 is 13.3 Å². The number of methoxy groups -OCH3 is 1. The van der Waals surface area contributed by atoms with E-state index < -0.39 is 8.07 Å². The van der Waals surface area contributed by atoms with Crippen LogP contribution in [-0.4, -0.2) is 15.2 Å². The van der Waals surface area contributed by atoms with Gasteiger partial charge in [0.15, 0.2) is 0 Å². The summed E-state index contributed by atoms with van der Waals surface area (Å²) in [5.41, 5.74) is 1.21. The van der Waals surface area contributed by atoms with E-state index in [1.807, 2.05) is 12.1 Å². The Morgan fingerprint density at radius 2 is 1.93 bits per heavy atom. The Hall–Kier alpha value is -1.02. The van der Waals surface area contributed by atoms with Gasteiger partial charge in [0.05, 0.1) is 15.2 Å². The molecule has 0 radical (unpaired) electrons. The van der Waals surface area contributed by atoms with Gasteiger partial charge in [0, 0.05) is 0 Å². The maximum atomic E-state index is 5.19. The zero-order valence-electron chi connectivity index (χ0n) is 9.42. The molecule has 2 heteroatoms. The molecular weight excluding hydrogens is 188 g/mol. The molecule has 0 unspecified atom stereocenters. The largest absolute Gasteiger partial charge is 0.497 e. The van der Waals surface area contributed by atoms with Crippen LogP contribution in [-0.2, 0) is 0 Å². The smallest absolute Gasteiger partial charge is 0.119 e. The Morgan fingerprint density at radius 3 is 2.43 bits per heavy atom. The molecule has 0 heterocycles. The first kappa shape index (κ1) is 11.1. The molecule has 0 bridgehead atoms. The second-order valence-electron chi connectivity index (χ2n) is 4.46. The molecule has 1 rings (SSSR count). The SMILES string of the molecule is C=C(c1cccc(OC)c1)[Si](C)(C)C. The van der Waals surface area contributed by atoms with Crippen molar-refractivity contribution in [3.63, 3.8) is 0 Å². The summed E-state index contributed by atoms with van der Waals surface area (Å²) in [5, 5.41) is 1.27. The summed E-state index contributed by atoms with van der Waals surface area (Å²) in [7, 11) is 0.404. The van der Waals surface area contributed by atoms with E-state index in [2.05, 4.69) is 38.4 Å². The molecule has 0 fully saturated rings. The number of benzene rings is 1. The first-order valence-electron chi connectivity index (χ1n) is 4.79. The van der Waals surface area contributed by atoms with Crippen LogP contribution in [0, 0.1) is 0 Å². The highest BCUT2D eigenvalue weighted by atomic mass is 28.3. The lowest BCUT2D eigenvalue weighted by Gasteiger charge is -2.20. The molecule has 76 valence electrons. The molecule has 0 aromatic heterocycles. The van der Waals surface area contributed by atoms with Crippen LogP contribution >= 0.6 is 0 Å². The maximum Gasteiger partial charge on any atom is 0.119 e. The van der Waals surface area contributed by atoms with E-state index in [-0.39, 0.29) is 0 Å². The first-order valence-corrected chi connectivity index (χ1v) is 8.29. The topological polar surface area (TPSA) is 9.23 Å². The number of hydrogen-bond acceptors (Lipinski definition) is 1. The number of ether oxygens (including phenoxy) is 1. The maximum absolute atomic E-state index is 5.19. The molecule has 0 amide bonds. The van der Waals surface area contributed by atoms with Gasteiger partial charge in [-0.25, -0.2) is 0 Å². The normalized spacial score (nSPS) is 11.1. The van der Waals surface area contributed by atoms with E-state index in [0.717, 1.165) is 5.75 Å². The third-order valence-electron chi connectivity index (χ3n) is 2.32. The molecule has 0 aliphatic rings. The Bertz CT molecular complexity index is 336. The van der Waals surface area contributed by atoms with Gasteiger partial charge in [-0.15, -0.1) is 0 Å². The van der Waals surface area contributed by atoms with Crippen molar-refractivity contribution in [2.45, 2.75) is 19.6 Å². The fourth-order valence-corrected chi connectivity index (χ4v) is 2.27. The molecule has 0 spiro atoms. The fourth-order valence-electron chi connectivity index (χ4n) is 1.24. The first-order chi connectivity index (χ1) is 6.45. The van der Waals surface area contributed by atoms with Crippen molar-refractivity contribution < 1.29 is 4.74 Å². The van der Waals surface area contributed by atoms with Gasteiger partial charge in [0.2, 0.25) is 0 Å². The van der Waals surface area contributed by atoms with Gasteiger partial charge in [-0.2, -0.15) is 0 Å². The lowest BCUT2D eigenvalue weighted by atomic mass is 10.2. The molecule has 0 atom stereocenters. The van der Waals surface area contributed by atoms with Gasteiger partial charge < -0.3 is 4.74 Å². The highest BCUT2D eigenvalue weighted by Gasteiger charge is 2.18. The standard InChI is InChI=1S/C12H18OSi/c1-10(14(3,4)5)11-7-6-8-12(9-11)13-2/h6-9H,1H2,2-5H3. The second kappa shape index (κ2) is 4.01. The minimum absolute atomic E-state index is 0.905. The average Bonchev–Trinajstić information content (AvgIpc) is 2.15. The van der Waals surface area contributed by atoms with Crippen molar-refractivity contribution in [3.05, 3.63) is 36.4 Å². The summed E-state index contributed by atoms with van der Waals surface area (Å²) in [6.07, 6.45) is 0. The summed E-state index contributed by atoms with van der Waals surface area (Å²) >= 11 is 0. The minimum atomic E-state index is -1.29. The van der Waals surface area contributed by atoms with E-state index in [0.29, 0.717) is 0 Å². The summed E-state index contributed by atoms with van der Waals surface area (Å²) < 4.78 is 5.19. The summed E-state index contributed by atoms with van der Waals surface area (Å²) in [4.78, 5) is 0. The van der Waals surface area contributed by atoms with Gasteiger partial charge in [-0.1, -0.05) is 43.5 Å². The van der Waals surface area contributed by atoms with Gasteiger partial charge in [-0.3, -0.25) is 0 Å². The van der Waals surface area contributed by atoms with Crippen LogP contribution in [0.25, 0.3) is 5.20 Å². The molecular formula is C12H18OSi. The quantitative estimate of drug-likeness (QED) is 0.687. The molecule has 14 heavy (non-hydrogen) atoms. The fraction of sp³-hybridized carbons (Fsp3) is 0.333. The number of rotatable bonds is 3. The predicted molar refractivity (Wildman–Crippen MR) is 65.4 cm³/mol. The summed E-state index contributed by atoms with van der Waals surface area (Å²) in [5.74, 6) is 0.905. The van der Waals surface area contributed by atoms with Crippen molar-refractivity contribution in [2.75, 3.05) is 7.11 Å². The van der Waals surface area contributed by atoms with Crippen molar-refractivity contribution in [1.82, 2.24) is 0 Å². The van der Waals surface area contributed by atoms with Crippen LogP contribution in [0.5, 0.6) is 5.75 Å². The van der Waals surface area contributed by atoms with Gasteiger partial charge in [0.25, 0.3) is 0 Å². The molecule has 0 saturated heterocycles. The van der Waals surface area contributed by atoms with Crippen molar-refractivity contribution in [3.8, 4) is 5.75 Å². The van der Waals surface area contributed by atoms with Crippen molar-refractivity contribution in [1.29, 1.82) is 0 Å². The predicted octanol–water partition coefficient (Wildman–Crippen LogP) is 3.59. The van der Waals surface area contributed by atoms with Crippen LogP contribution in [0.4, 0.5) is 0 Å². The molecule has 1 nitrogen and oxygen atoms in total. The van der Waals surface area contributed by atoms with E-state index in [1.165, 1.54) is 10.8 Å². The zero-order valence-corrected chi connectivity index (χ0v) is 10.4. The minimum Gasteiger partial charge on any atom is -0.497 e. The van der Waals surface area contributed by atoms with Gasteiger partial charge >= 0.3 is 0 Å². The van der Waals surface area contributed by atoms with E-state index in [9.17, 15) is 0 Å². The Kier molecular flexibility index (Phi) is 3.16. The Morgan fingerprint density at radius 1 is 1.29 bits per heavy atom. The molecule has 0 N–H and O–H groups in total. The Balaban J connectivity index is 3.02. The molecule has 1 aromatic carbocycles. The second-order valence-corrected chi connectivity index (χ2v) is 9.56. The van der Waals surface area contributed by atoms with Crippen LogP contribution < -0.4 is 4.74 Å². The van der Waals surface area contributed by atoms with Crippen molar-refractivity contribution in [2.24, 2.45) is 0 Å². The summed E-state index contributed by atoms with van der Waals surface area (Å²) in [6.45, 7) is 11.1. The Labute approximate surface area is 87.4 Å². The zero-order chi connectivity index (χ0) is 10.8. The van der Waals surface area contributed by atoms with Crippen LogP contribution in [0.1, 0.15) is 5.56 Å². The van der Waals surface area contributed by atoms with Crippen LogP contribution in [0.3, 0.4) is 0 Å². The van der Waals surface area contributed by atoms with Gasteiger partial charge in [0.1, 0.15) is 5.75 Å². The van der Waals surface area contributed by atoms with E-state index in [1.54, 1.807) is 7.11 Å².